The van der Waals surface area contributed by atoms with Gasteiger partial charge in [0, 0.05) is 23.8 Å². The maximum Gasteiger partial charge on any atom is 0.0669 e. The molecule has 0 amide bonds. The molecule has 2 aliphatic rings. The van der Waals surface area contributed by atoms with Gasteiger partial charge in [0.05, 0.1) is 11.7 Å². The van der Waals surface area contributed by atoms with Crippen molar-refractivity contribution >= 4 is 0 Å². The lowest BCUT2D eigenvalue weighted by Gasteiger charge is -2.27. The van der Waals surface area contributed by atoms with Gasteiger partial charge in [0.15, 0.2) is 0 Å². The highest BCUT2D eigenvalue weighted by Crippen LogP contribution is 2.34. The minimum absolute atomic E-state index is 0.649. The van der Waals surface area contributed by atoms with E-state index in [1.807, 2.05) is 0 Å². The van der Waals surface area contributed by atoms with Crippen LogP contribution in [0.15, 0.2) is 0 Å². The van der Waals surface area contributed by atoms with Crippen molar-refractivity contribution in [2.45, 2.75) is 90.8 Å². The quantitative estimate of drug-likeness (QED) is 0.857. The molecule has 118 valence electrons. The van der Waals surface area contributed by atoms with Crippen LogP contribution in [0.3, 0.4) is 0 Å². The fourth-order valence-corrected chi connectivity index (χ4v) is 3.74. The van der Waals surface area contributed by atoms with E-state index < -0.39 is 0 Å². The van der Waals surface area contributed by atoms with Crippen LogP contribution in [0, 0.1) is 5.92 Å². The number of aryl methyl sites for hydroxylation is 1. The minimum atomic E-state index is 0.649. The van der Waals surface area contributed by atoms with Crippen LogP contribution in [0.5, 0.6) is 0 Å². The van der Waals surface area contributed by atoms with Crippen molar-refractivity contribution in [1.29, 1.82) is 0 Å². The molecular formula is C18H31N3. The zero-order valence-corrected chi connectivity index (χ0v) is 14.0. The number of rotatable bonds is 6. The summed E-state index contributed by atoms with van der Waals surface area (Å²) in [4.78, 5) is 0. The van der Waals surface area contributed by atoms with Crippen molar-refractivity contribution in [2.24, 2.45) is 5.92 Å². The Bertz CT molecular complexity index is 465. The normalized spacial score (nSPS) is 26.2. The minimum Gasteiger partial charge on any atom is -0.310 e. The monoisotopic (exact) mass is 289 g/mol. The lowest BCUT2D eigenvalue weighted by atomic mass is 9.87. The summed E-state index contributed by atoms with van der Waals surface area (Å²) in [7, 11) is 0. The van der Waals surface area contributed by atoms with Crippen molar-refractivity contribution in [2.75, 3.05) is 0 Å². The van der Waals surface area contributed by atoms with Crippen LogP contribution in [-0.4, -0.2) is 15.8 Å². The van der Waals surface area contributed by atoms with Gasteiger partial charge in [0.2, 0.25) is 0 Å². The van der Waals surface area contributed by atoms with Crippen molar-refractivity contribution < 1.29 is 0 Å². The van der Waals surface area contributed by atoms with Crippen molar-refractivity contribution in [3.8, 4) is 0 Å². The summed E-state index contributed by atoms with van der Waals surface area (Å²) in [6.45, 7) is 7.96. The van der Waals surface area contributed by atoms with Gasteiger partial charge >= 0.3 is 0 Å². The molecule has 0 unspecified atom stereocenters. The Kier molecular flexibility index (Phi) is 4.68. The van der Waals surface area contributed by atoms with E-state index in [1.54, 1.807) is 0 Å². The van der Waals surface area contributed by atoms with E-state index >= 15 is 0 Å². The van der Waals surface area contributed by atoms with Crippen LogP contribution >= 0.6 is 0 Å². The lowest BCUT2D eigenvalue weighted by Crippen LogP contribution is -2.21. The second-order valence-electron chi connectivity index (χ2n) is 7.09. The van der Waals surface area contributed by atoms with Gasteiger partial charge in [0.1, 0.15) is 0 Å². The molecule has 1 heterocycles. The molecule has 3 nitrogen and oxygen atoms in total. The van der Waals surface area contributed by atoms with E-state index in [9.17, 15) is 0 Å². The molecule has 0 atom stereocenters. The molecule has 0 aromatic carbocycles. The van der Waals surface area contributed by atoms with Gasteiger partial charge in [-0.1, -0.05) is 20.8 Å². The van der Waals surface area contributed by atoms with E-state index in [-0.39, 0.29) is 0 Å². The largest absolute Gasteiger partial charge is 0.310 e. The lowest BCUT2D eigenvalue weighted by molar-refractivity contribution is 0.268. The fourth-order valence-electron chi connectivity index (χ4n) is 3.74. The number of nitrogens with one attached hydrogen (secondary N) is 1. The first-order chi connectivity index (χ1) is 10.2. The van der Waals surface area contributed by atoms with Crippen LogP contribution in [0.2, 0.25) is 0 Å². The summed E-state index contributed by atoms with van der Waals surface area (Å²) in [5.74, 6) is 0.906. The average Bonchev–Trinajstić information content (AvgIpc) is 3.26. The van der Waals surface area contributed by atoms with Gasteiger partial charge in [0.25, 0.3) is 0 Å². The Morgan fingerprint density at radius 3 is 2.33 bits per heavy atom. The predicted molar refractivity (Wildman–Crippen MR) is 87.5 cm³/mol. The first kappa shape index (κ1) is 15.1. The fraction of sp³-hybridized carbons (Fsp3) is 0.833. The molecule has 1 N–H and O–H groups in total. The zero-order valence-electron chi connectivity index (χ0n) is 14.0. The molecule has 0 spiro atoms. The van der Waals surface area contributed by atoms with E-state index in [4.69, 9.17) is 5.10 Å². The predicted octanol–water partition coefficient (Wildman–Crippen LogP) is 4.01. The molecule has 2 saturated carbocycles. The first-order valence-electron chi connectivity index (χ1n) is 9.05. The van der Waals surface area contributed by atoms with Gasteiger partial charge in [-0.15, -0.1) is 0 Å². The van der Waals surface area contributed by atoms with Crippen molar-refractivity contribution in [1.82, 2.24) is 15.1 Å². The number of hydrogen-bond donors (Lipinski definition) is 1. The van der Waals surface area contributed by atoms with E-state index in [0.29, 0.717) is 6.04 Å². The van der Waals surface area contributed by atoms with Crippen LogP contribution in [0.1, 0.15) is 82.3 Å². The highest BCUT2D eigenvalue weighted by molar-refractivity contribution is 5.27. The molecule has 2 fully saturated rings. The first-order valence-corrected chi connectivity index (χ1v) is 9.05. The Morgan fingerprint density at radius 2 is 1.76 bits per heavy atom. The summed E-state index contributed by atoms with van der Waals surface area (Å²) >= 11 is 0. The number of aromatic nitrogens is 2. The van der Waals surface area contributed by atoms with Crippen LogP contribution in [-0.2, 0) is 19.4 Å². The number of nitrogens with zero attached hydrogens (tertiary/aromatic N) is 2. The third-order valence-corrected chi connectivity index (χ3v) is 5.35. The smallest absolute Gasteiger partial charge is 0.0669 e. The molecular weight excluding hydrogens is 258 g/mol. The Labute approximate surface area is 129 Å². The van der Waals surface area contributed by atoms with E-state index in [2.05, 4.69) is 30.8 Å². The number of hydrogen-bond acceptors (Lipinski definition) is 2. The molecule has 0 radical (unpaired) electrons. The topological polar surface area (TPSA) is 29.9 Å². The summed E-state index contributed by atoms with van der Waals surface area (Å²) < 4.78 is 2.41. The Morgan fingerprint density at radius 1 is 1.05 bits per heavy atom. The highest BCUT2D eigenvalue weighted by atomic mass is 15.3. The van der Waals surface area contributed by atoms with Gasteiger partial charge in [-0.05, 0) is 57.3 Å². The van der Waals surface area contributed by atoms with Gasteiger partial charge in [-0.3, -0.25) is 4.68 Å². The molecule has 3 rings (SSSR count). The maximum atomic E-state index is 5.02. The second-order valence-corrected chi connectivity index (χ2v) is 7.09. The van der Waals surface area contributed by atoms with Gasteiger partial charge in [-0.2, -0.15) is 5.10 Å². The molecule has 1 aromatic heterocycles. The Balaban J connectivity index is 1.81. The molecule has 0 bridgehead atoms. The Hall–Kier alpha value is -0.830. The van der Waals surface area contributed by atoms with Crippen molar-refractivity contribution in [3.63, 3.8) is 0 Å². The molecule has 3 heteroatoms. The van der Waals surface area contributed by atoms with Crippen LogP contribution in [0.25, 0.3) is 0 Å². The molecule has 2 aliphatic carbocycles. The molecule has 21 heavy (non-hydrogen) atoms. The summed E-state index contributed by atoms with van der Waals surface area (Å²) in [6.07, 6.45) is 10.2. The van der Waals surface area contributed by atoms with Crippen molar-refractivity contribution in [3.05, 3.63) is 17.0 Å². The SMILES string of the molecule is CCc1nn(C2CCC(C)CC2)c(CC)c1CNC1CC1. The summed E-state index contributed by atoms with van der Waals surface area (Å²) in [6, 6.07) is 1.43. The third kappa shape index (κ3) is 3.33. The summed E-state index contributed by atoms with van der Waals surface area (Å²) in [5.41, 5.74) is 4.34. The molecule has 0 saturated heterocycles. The standard InChI is InChI=1S/C18H31N3/c1-4-17-16(12-19-14-8-9-14)18(5-2)21(20-17)15-10-6-13(3)7-11-15/h13-15,19H,4-12H2,1-3H3. The zero-order chi connectivity index (χ0) is 14.8. The van der Waals surface area contributed by atoms with Gasteiger partial charge < -0.3 is 5.32 Å². The molecule has 1 aromatic rings. The van der Waals surface area contributed by atoms with E-state index in [0.717, 1.165) is 31.3 Å². The maximum absolute atomic E-state index is 5.02. The highest BCUT2D eigenvalue weighted by Gasteiger charge is 2.26. The van der Waals surface area contributed by atoms with E-state index in [1.165, 1.54) is 55.5 Å². The van der Waals surface area contributed by atoms with Crippen LogP contribution < -0.4 is 5.32 Å². The summed E-state index contributed by atoms with van der Waals surface area (Å²) in [5, 5.41) is 8.72. The molecule has 0 aliphatic heterocycles. The van der Waals surface area contributed by atoms with Gasteiger partial charge in [-0.25, -0.2) is 0 Å². The second kappa shape index (κ2) is 6.51. The average molecular weight is 289 g/mol. The van der Waals surface area contributed by atoms with Crippen LogP contribution in [0.4, 0.5) is 0 Å². The third-order valence-electron chi connectivity index (χ3n) is 5.35.